The van der Waals surface area contributed by atoms with Gasteiger partial charge in [0.25, 0.3) is 5.91 Å². The van der Waals surface area contributed by atoms with E-state index in [1.54, 1.807) is 18.0 Å². The zero-order chi connectivity index (χ0) is 19.2. The van der Waals surface area contributed by atoms with Gasteiger partial charge in [0.2, 0.25) is 11.8 Å². The molecular formula is C19H28N4O3S. The highest BCUT2D eigenvalue weighted by molar-refractivity contribution is 7.12. The quantitative estimate of drug-likeness (QED) is 0.749. The number of carbonyl (C=O) groups excluding carboxylic acids is 3. The van der Waals surface area contributed by atoms with Gasteiger partial charge in [-0.2, -0.15) is 0 Å². The molecule has 0 spiro atoms. The van der Waals surface area contributed by atoms with E-state index in [9.17, 15) is 14.4 Å². The molecule has 0 bridgehead atoms. The summed E-state index contributed by atoms with van der Waals surface area (Å²) in [7, 11) is 1.66. The second-order valence-electron chi connectivity index (χ2n) is 7.24. The van der Waals surface area contributed by atoms with Gasteiger partial charge >= 0.3 is 0 Å². The average molecular weight is 393 g/mol. The third kappa shape index (κ3) is 5.29. The van der Waals surface area contributed by atoms with Gasteiger partial charge in [0.05, 0.1) is 18.0 Å². The molecular weight excluding hydrogens is 364 g/mol. The maximum Gasteiger partial charge on any atom is 0.264 e. The first kappa shape index (κ1) is 19.8. The minimum absolute atomic E-state index is 0.0376. The number of thiophene rings is 1. The highest BCUT2D eigenvalue weighted by Gasteiger charge is 2.26. The van der Waals surface area contributed by atoms with Gasteiger partial charge in [0, 0.05) is 46.3 Å². The lowest BCUT2D eigenvalue weighted by Crippen LogP contribution is -2.53. The van der Waals surface area contributed by atoms with Crippen molar-refractivity contribution in [3.63, 3.8) is 0 Å². The topological polar surface area (TPSA) is 64.2 Å². The van der Waals surface area contributed by atoms with Gasteiger partial charge < -0.3 is 14.7 Å². The molecule has 0 radical (unpaired) electrons. The third-order valence-electron chi connectivity index (χ3n) is 5.24. The fraction of sp³-hybridized carbons (Fsp3) is 0.632. The first-order valence-electron chi connectivity index (χ1n) is 9.61. The second-order valence-corrected chi connectivity index (χ2v) is 8.18. The number of likely N-dealkylation sites (N-methyl/N-ethyl adjacent to an activating group) is 1. The maximum atomic E-state index is 12.5. The van der Waals surface area contributed by atoms with E-state index in [1.807, 2.05) is 16.3 Å². The molecule has 1 aromatic heterocycles. The lowest BCUT2D eigenvalue weighted by atomic mass is 10.1. The Hall–Kier alpha value is -1.93. The maximum absolute atomic E-state index is 12.5. The Morgan fingerprint density at radius 1 is 0.963 bits per heavy atom. The van der Waals surface area contributed by atoms with Crippen LogP contribution in [0.5, 0.6) is 0 Å². The summed E-state index contributed by atoms with van der Waals surface area (Å²) in [6, 6.07) is 3.60. The summed E-state index contributed by atoms with van der Waals surface area (Å²) >= 11 is 1.38. The van der Waals surface area contributed by atoms with Crippen molar-refractivity contribution in [1.29, 1.82) is 0 Å². The number of hydrogen-bond donors (Lipinski definition) is 0. The average Bonchev–Trinajstić information content (AvgIpc) is 3.23. The highest BCUT2D eigenvalue weighted by atomic mass is 32.1. The third-order valence-corrected chi connectivity index (χ3v) is 6.10. The van der Waals surface area contributed by atoms with E-state index in [4.69, 9.17) is 0 Å². The van der Waals surface area contributed by atoms with E-state index in [-0.39, 0.29) is 24.3 Å². The van der Waals surface area contributed by atoms with Crippen LogP contribution in [0, 0.1) is 0 Å². The van der Waals surface area contributed by atoms with E-state index < -0.39 is 0 Å². The standard InChI is InChI=1S/C19H28N4O3S/c1-20(19(26)16-6-5-13-27-16)14-17(24)23-11-9-21(10-12-23)15-18(25)22-7-3-2-4-8-22/h5-6,13H,2-4,7-12,14-15H2,1H3. The molecule has 0 N–H and O–H groups in total. The predicted octanol–water partition coefficient (Wildman–Crippen LogP) is 0.977. The number of amides is 3. The van der Waals surface area contributed by atoms with Crippen LogP contribution in [0.4, 0.5) is 0 Å². The van der Waals surface area contributed by atoms with E-state index >= 15 is 0 Å². The fourth-order valence-electron chi connectivity index (χ4n) is 3.55. The summed E-state index contributed by atoms with van der Waals surface area (Å²) in [5.74, 6) is 0.0456. The molecule has 0 unspecified atom stereocenters. The SMILES string of the molecule is CN(CC(=O)N1CCN(CC(=O)N2CCCCC2)CC1)C(=O)c1cccs1. The minimum atomic E-state index is -0.121. The normalized spacial score (nSPS) is 18.4. The summed E-state index contributed by atoms with van der Waals surface area (Å²) in [6.45, 7) is 4.90. The van der Waals surface area contributed by atoms with Gasteiger partial charge in [0.1, 0.15) is 0 Å². The molecule has 2 saturated heterocycles. The summed E-state index contributed by atoms with van der Waals surface area (Å²) in [4.78, 5) is 45.1. The van der Waals surface area contributed by atoms with Crippen LogP contribution in [0.1, 0.15) is 28.9 Å². The molecule has 0 aromatic carbocycles. The Morgan fingerprint density at radius 3 is 2.26 bits per heavy atom. The van der Waals surface area contributed by atoms with Crippen molar-refractivity contribution < 1.29 is 14.4 Å². The molecule has 0 aliphatic carbocycles. The molecule has 2 aliphatic heterocycles. The number of nitrogens with zero attached hydrogens (tertiary/aromatic N) is 4. The Balaban J connectivity index is 1.41. The lowest BCUT2D eigenvalue weighted by Gasteiger charge is -2.36. The highest BCUT2D eigenvalue weighted by Crippen LogP contribution is 2.12. The molecule has 3 heterocycles. The van der Waals surface area contributed by atoms with E-state index in [1.165, 1.54) is 22.7 Å². The molecule has 1 aromatic rings. The van der Waals surface area contributed by atoms with Crippen molar-refractivity contribution in [2.24, 2.45) is 0 Å². The zero-order valence-electron chi connectivity index (χ0n) is 15.9. The number of carbonyl (C=O) groups is 3. The van der Waals surface area contributed by atoms with Gasteiger partial charge in [-0.15, -0.1) is 11.3 Å². The molecule has 7 nitrogen and oxygen atoms in total. The van der Waals surface area contributed by atoms with Crippen LogP contribution < -0.4 is 0 Å². The zero-order valence-corrected chi connectivity index (χ0v) is 16.7. The van der Waals surface area contributed by atoms with Crippen LogP contribution in [0.3, 0.4) is 0 Å². The number of piperidine rings is 1. The molecule has 0 atom stereocenters. The smallest absolute Gasteiger partial charge is 0.264 e. The predicted molar refractivity (Wildman–Crippen MR) is 105 cm³/mol. The fourth-order valence-corrected chi connectivity index (χ4v) is 4.27. The van der Waals surface area contributed by atoms with Gasteiger partial charge in [-0.05, 0) is 30.7 Å². The first-order chi connectivity index (χ1) is 13.0. The molecule has 2 fully saturated rings. The molecule has 3 amide bonds. The summed E-state index contributed by atoms with van der Waals surface area (Å²) in [5, 5.41) is 1.85. The number of likely N-dealkylation sites (tertiary alicyclic amines) is 1. The molecule has 8 heteroatoms. The Labute approximate surface area is 164 Å². The molecule has 2 aliphatic rings. The van der Waals surface area contributed by atoms with Crippen LogP contribution in [-0.4, -0.2) is 96.7 Å². The van der Waals surface area contributed by atoms with Crippen molar-refractivity contribution in [2.45, 2.75) is 19.3 Å². The van der Waals surface area contributed by atoms with Gasteiger partial charge in [0.15, 0.2) is 0 Å². The van der Waals surface area contributed by atoms with E-state index in [0.29, 0.717) is 37.6 Å². The van der Waals surface area contributed by atoms with Gasteiger partial charge in [-0.1, -0.05) is 6.07 Å². The minimum Gasteiger partial charge on any atom is -0.342 e. The summed E-state index contributed by atoms with van der Waals surface area (Å²) < 4.78 is 0. The molecule has 0 saturated carbocycles. The van der Waals surface area contributed by atoms with Gasteiger partial charge in [-0.3, -0.25) is 19.3 Å². The van der Waals surface area contributed by atoms with E-state index in [0.717, 1.165) is 25.9 Å². The summed E-state index contributed by atoms with van der Waals surface area (Å²) in [5.41, 5.74) is 0. The Kier molecular flexibility index (Phi) is 6.84. The van der Waals surface area contributed by atoms with E-state index in [2.05, 4.69) is 4.90 Å². The molecule has 148 valence electrons. The van der Waals surface area contributed by atoms with Crippen molar-refractivity contribution in [3.05, 3.63) is 22.4 Å². The molecule has 27 heavy (non-hydrogen) atoms. The van der Waals surface area contributed by atoms with Crippen LogP contribution in [-0.2, 0) is 9.59 Å². The molecule has 3 rings (SSSR count). The van der Waals surface area contributed by atoms with Crippen LogP contribution in [0.25, 0.3) is 0 Å². The van der Waals surface area contributed by atoms with Crippen LogP contribution in [0.2, 0.25) is 0 Å². The van der Waals surface area contributed by atoms with Crippen LogP contribution >= 0.6 is 11.3 Å². The monoisotopic (exact) mass is 392 g/mol. The Morgan fingerprint density at radius 2 is 1.63 bits per heavy atom. The number of piperazine rings is 1. The van der Waals surface area contributed by atoms with Gasteiger partial charge in [-0.25, -0.2) is 0 Å². The number of rotatable bonds is 5. The largest absolute Gasteiger partial charge is 0.342 e. The van der Waals surface area contributed by atoms with Crippen molar-refractivity contribution in [3.8, 4) is 0 Å². The van der Waals surface area contributed by atoms with Crippen LogP contribution in [0.15, 0.2) is 17.5 Å². The number of hydrogen-bond acceptors (Lipinski definition) is 5. The lowest BCUT2D eigenvalue weighted by molar-refractivity contribution is -0.135. The first-order valence-corrected chi connectivity index (χ1v) is 10.5. The van der Waals surface area contributed by atoms with Crippen molar-refractivity contribution >= 4 is 29.1 Å². The second kappa shape index (κ2) is 9.32. The Bertz CT molecular complexity index is 650. The van der Waals surface area contributed by atoms with Crippen molar-refractivity contribution in [1.82, 2.24) is 19.6 Å². The van der Waals surface area contributed by atoms with Crippen molar-refractivity contribution in [2.75, 3.05) is 59.4 Å². The summed E-state index contributed by atoms with van der Waals surface area (Å²) in [6.07, 6.45) is 3.42.